The monoisotopic (exact) mass is 390 g/mol. The molecular formula is C19H22N2O5S. The first-order valence-electron chi connectivity index (χ1n) is 8.67. The Hall–Kier alpha value is -2.74. The quantitative estimate of drug-likeness (QED) is 0.695. The molecular weight excluding hydrogens is 368 g/mol. The van der Waals surface area contributed by atoms with Crippen LogP contribution in [0, 0.1) is 0 Å². The Morgan fingerprint density at radius 2 is 1.74 bits per heavy atom. The summed E-state index contributed by atoms with van der Waals surface area (Å²) in [5.41, 5.74) is 7.36. The number of ether oxygens (including phenoxy) is 2. The molecule has 0 aromatic heterocycles. The molecule has 7 nitrogen and oxygen atoms in total. The van der Waals surface area contributed by atoms with Crippen molar-refractivity contribution in [2.45, 2.75) is 17.7 Å². The van der Waals surface area contributed by atoms with Gasteiger partial charge in [-0.2, -0.15) is 0 Å². The Morgan fingerprint density at radius 3 is 2.48 bits per heavy atom. The fourth-order valence-corrected chi connectivity index (χ4v) is 3.93. The lowest BCUT2D eigenvalue weighted by molar-refractivity contribution is -0.120. The molecule has 1 aliphatic heterocycles. The third-order valence-electron chi connectivity index (χ3n) is 4.19. The van der Waals surface area contributed by atoms with Crippen LogP contribution in [0.3, 0.4) is 0 Å². The van der Waals surface area contributed by atoms with Gasteiger partial charge in [0, 0.05) is 24.7 Å². The molecule has 0 saturated carbocycles. The largest absolute Gasteiger partial charge is 0.486 e. The number of nitrogen functional groups attached to an aromatic ring is 1. The zero-order chi connectivity index (χ0) is 19.3. The van der Waals surface area contributed by atoms with Crippen molar-refractivity contribution in [3.05, 3.63) is 48.0 Å². The first-order valence-corrected chi connectivity index (χ1v) is 10.3. The number of carbonyl (C=O) groups is 1. The van der Waals surface area contributed by atoms with Crippen molar-refractivity contribution in [3.63, 3.8) is 0 Å². The highest BCUT2D eigenvalue weighted by atomic mass is 32.2. The lowest BCUT2D eigenvalue weighted by atomic mass is 10.1. The summed E-state index contributed by atoms with van der Waals surface area (Å²) in [5.74, 6) is 0.378. The van der Waals surface area contributed by atoms with Crippen LogP contribution >= 0.6 is 0 Å². The number of benzene rings is 2. The molecule has 3 N–H and O–H groups in total. The molecule has 0 atom stereocenters. The number of nitrogens with one attached hydrogen (secondary N) is 1. The zero-order valence-corrected chi connectivity index (χ0v) is 15.6. The van der Waals surface area contributed by atoms with Gasteiger partial charge in [0.2, 0.25) is 5.91 Å². The molecule has 27 heavy (non-hydrogen) atoms. The van der Waals surface area contributed by atoms with Crippen LogP contribution in [0.2, 0.25) is 0 Å². The fourth-order valence-electron chi connectivity index (χ4n) is 2.68. The van der Waals surface area contributed by atoms with Crippen LogP contribution in [-0.2, 0) is 21.1 Å². The summed E-state index contributed by atoms with van der Waals surface area (Å²) in [7, 11) is -3.58. The van der Waals surface area contributed by atoms with Crippen molar-refractivity contribution >= 4 is 21.4 Å². The minimum absolute atomic E-state index is 0.0987. The van der Waals surface area contributed by atoms with E-state index in [1.54, 1.807) is 18.2 Å². The van der Waals surface area contributed by atoms with E-state index < -0.39 is 9.84 Å². The van der Waals surface area contributed by atoms with Gasteiger partial charge in [0.05, 0.1) is 10.6 Å². The van der Waals surface area contributed by atoms with Crippen molar-refractivity contribution in [2.24, 2.45) is 0 Å². The van der Waals surface area contributed by atoms with E-state index in [1.165, 1.54) is 12.1 Å². The number of hydrogen-bond donors (Lipinski definition) is 2. The maximum Gasteiger partial charge on any atom is 0.221 e. The molecule has 0 radical (unpaired) electrons. The number of carbonyl (C=O) groups excluding carboxylic acids is 1. The number of fused-ring (bicyclic) bond motifs is 1. The highest BCUT2D eigenvalue weighted by Crippen LogP contribution is 2.32. The van der Waals surface area contributed by atoms with Crippen LogP contribution in [0.1, 0.15) is 12.0 Å². The van der Waals surface area contributed by atoms with Gasteiger partial charge in [0.15, 0.2) is 21.3 Å². The van der Waals surface area contributed by atoms with Crippen LogP contribution in [0.15, 0.2) is 47.4 Å². The SMILES string of the molecule is Nc1ccc(CCNC(=O)CCS(=O)(=O)c2ccc3c(c2)OCCO3)cc1. The molecule has 0 spiro atoms. The second-order valence-electron chi connectivity index (χ2n) is 6.22. The first-order chi connectivity index (χ1) is 12.9. The molecule has 0 aliphatic carbocycles. The minimum atomic E-state index is -3.58. The summed E-state index contributed by atoms with van der Waals surface area (Å²) in [6.07, 6.45) is 0.555. The van der Waals surface area contributed by atoms with Gasteiger partial charge in [-0.15, -0.1) is 0 Å². The van der Waals surface area contributed by atoms with E-state index in [4.69, 9.17) is 15.2 Å². The molecule has 2 aromatic rings. The number of rotatable bonds is 7. The standard InChI is InChI=1S/C19H22N2O5S/c20-15-3-1-14(2-4-15)7-9-21-19(22)8-12-27(23,24)16-5-6-17-18(13-16)26-11-10-25-17/h1-6,13H,7-12,20H2,(H,21,22). The van der Waals surface area contributed by atoms with Gasteiger partial charge in [-0.1, -0.05) is 12.1 Å². The summed E-state index contributed by atoms with van der Waals surface area (Å²) in [5, 5.41) is 2.74. The molecule has 1 amide bonds. The number of anilines is 1. The summed E-state index contributed by atoms with van der Waals surface area (Å²) in [6, 6.07) is 11.9. The topological polar surface area (TPSA) is 108 Å². The van der Waals surface area contributed by atoms with E-state index in [1.807, 2.05) is 12.1 Å². The van der Waals surface area contributed by atoms with Crippen LogP contribution < -0.4 is 20.5 Å². The van der Waals surface area contributed by atoms with Crippen LogP contribution in [-0.4, -0.2) is 39.8 Å². The molecule has 0 fully saturated rings. The number of hydrogen-bond acceptors (Lipinski definition) is 6. The van der Waals surface area contributed by atoms with Crippen molar-refractivity contribution in [3.8, 4) is 11.5 Å². The average molecular weight is 390 g/mol. The molecule has 0 saturated heterocycles. The van der Waals surface area contributed by atoms with E-state index in [9.17, 15) is 13.2 Å². The maximum atomic E-state index is 12.5. The Balaban J connectivity index is 1.49. The Morgan fingerprint density at radius 1 is 1.04 bits per heavy atom. The first kappa shape index (κ1) is 19.0. The summed E-state index contributed by atoms with van der Waals surface area (Å²) in [6.45, 7) is 1.26. The molecule has 1 aliphatic rings. The van der Waals surface area contributed by atoms with Crippen molar-refractivity contribution in [1.82, 2.24) is 5.32 Å². The molecule has 8 heteroatoms. The predicted octanol–water partition coefficient (Wildman–Crippen LogP) is 1.56. The van der Waals surface area contributed by atoms with E-state index in [0.717, 1.165) is 5.56 Å². The Kier molecular flexibility index (Phi) is 5.85. The highest BCUT2D eigenvalue weighted by Gasteiger charge is 2.20. The van der Waals surface area contributed by atoms with Gasteiger partial charge < -0.3 is 20.5 Å². The molecule has 0 bridgehead atoms. The second-order valence-corrected chi connectivity index (χ2v) is 8.33. The number of sulfone groups is 1. The van der Waals surface area contributed by atoms with Gasteiger partial charge in [-0.05, 0) is 36.2 Å². The average Bonchev–Trinajstić information content (AvgIpc) is 2.67. The lowest BCUT2D eigenvalue weighted by Gasteiger charge is -2.18. The zero-order valence-electron chi connectivity index (χ0n) is 14.8. The van der Waals surface area contributed by atoms with Crippen LogP contribution in [0.25, 0.3) is 0 Å². The predicted molar refractivity (Wildman–Crippen MR) is 102 cm³/mol. The molecule has 144 valence electrons. The fraction of sp³-hybridized carbons (Fsp3) is 0.316. The van der Waals surface area contributed by atoms with Gasteiger partial charge in [0.1, 0.15) is 13.2 Å². The van der Waals surface area contributed by atoms with E-state index in [-0.39, 0.29) is 23.0 Å². The molecule has 0 unspecified atom stereocenters. The molecule has 3 rings (SSSR count). The highest BCUT2D eigenvalue weighted by molar-refractivity contribution is 7.91. The molecule has 1 heterocycles. The van der Waals surface area contributed by atoms with E-state index in [0.29, 0.717) is 43.4 Å². The maximum absolute atomic E-state index is 12.5. The van der Waals surface area contributed by atoms with Crippen molar-refractivity contribution in [1.29, 1.82) is 0 Å². The van der Waals surface area contributed by atoms with E-state index >= 15 is 0 Å². The summed E-state index contributed by atoms with van der Waals surface area (Å²) in [4.78, 5) is 12.1. The van der Waals surface area contributed by atoms with Gasteiger partial charge in [-0.3, -0.25) is 4.79 Å². The van der Waals surface area contributed by atoms with Crippen LogP contribution in [0.5, 0.6) is 11.5 Å². The van der Waals surface area contributed by atoms with E-state index in [2.05, 4.69) is 5.32 Å². The van der Waals surface area contributed by atoms with Crippen molar-refractivity contribution in [2.75, 3.05) is 31.2 Å². The lowest BCUT2D eigenvalue weighted by Crippen LogP contribution is -2.27. The minimum Gasteiger partial charge on any atom is -0.486 e. The summed E-state index contributed by atoms with van der Waals surface area (Å²) < 4.78 is 35.7. The van der Waals surface area contributed by atoms with Crippen molar-refractivity contribution < 1.29 is 22.7 Å². The smallest absolute Gasteiger partial charge is 0.221 e. The summed E-state index contributed by atoms with van der Waals surface area (Å²) >= 11 is 0. The normalized spacial score (nSPS) is 13.2. The van der Waals surface area contributed by atoms with Gasteiger partial charge in [-0.25, -0.2) is 8.42 Å². The number of nitrogens with two attached hydrogens (primary N) is 1. The molecule has 2 aromatic carbocycles. The Bertz CT molecular complexity index is 910. The van der Waals surface area contributed by atoms with Crippen LogP contribution in [0.4, 0.5) is 5.69 Å². The Labute approximate surface area is 158 Å². The number of amides is 1. The van der Waals surface area contributed by atoms with Gasteiger partial charge in [0.25, 0.3) is 0 Å². The third-order valence-corrected chi connectivity index (χ3v) is 5.90. The third kappa shape index (κ3) is 5.13. The second kappa shape index (κ2) is 8.30. The van der Waals surface area contributed by atoms with Gasteiger partial charge >= 0.3 is 0 Å².